The average molecular weight is 398 g/mol. The zero-order valence-corrected chi connectivity index (χ0v) is 16.7. The fourth-order valence-electron chi connectivity index (χ4n) is 2.45. The van der Waals surface area contributed by atoms with Gasteiger partial charge < -0.3 is 20.1 Å². The Hall–Kier alpha value is -3.35. The molecule has 0 bridgehead atoms. The Kier molecular flexibility index (Phi) is 8.69. The molecule has 0 atom stereocenters. The van der Waals surface area contributed by atoms with Crippen molar-refractivity contribution in [1.82, 2.24) is 5.32 Å². The number of benzene rings is 2. The van der Waals surface area contributed by atoms with Crippen molar-refractivity contribution >= 4 is 23.7 Å². The Labute approximate surface area is 170 Å². The minimum Gasteiger partial charge on any atom is -0.434 e. The van der Waals surface area contributed by atoms with Crippen LogP contribution in [0.1, 0.15) is 49.0 Å². The van der Waals surface area contributed by atoms with E-state index >= 15 is 0 Å². The Morgan fingerprint density at radius 3 is 2.24 bits per heavy atom. The second-order valence-electron chi connectivity index (χ2n) is 6.34. The highest BCUT2D eigenvalue weighted by Crippen LogP contribution is 2.15. The van der Waals surface area contributed by atoms with E-state index < -0.39 is 6.16 Å². The first-order chi connectivity index (χ1) is 14.0. The van der Waals surface area contributed by atoms with Crippen LogP contribution in [0.5, 0.6) is 5.75 Å². The molecule has 0 aromatic heterocycles. The first-order valence-corrected chi connectivity index (χ1v) is 9.63. The van der Waals surface area contributed by atoms with Gasteiger partial charge in [-0.05, 0) is 55.3 Å². The summed E-state index contributed by atoms with van der Waals surface area (Å²) in [4.78, 5) is 35.3. The summed E-state index contributed by atoms with van der Waals surface area (Å²) in [6.07, 6.45) is 1.62. The Morgan fingerprint density at radius 2 is 1.62 bits per heavy atom. The van der Waals surface area contributed by atoms with Crippen molar-refractivity contribution in [1.29, 1.82) is 0 Å². The summed E-state index contributed by atoms with van der Waals surface area (Å²) in [7, 11) is 0. The molecule has 0 unspecified atom stereocenters. The van der Waals surface area contributed by atoms with Crippen LogP contribution in [0.3, 0.4) is 0 Å². The van der Waals surface area contributed by atoms with E-state index in [9.17, 15) is 14.4 Å². The summed E-state index contributed by atoms with van der Waals surface area (Å²) >= 11 is 0. The lowest BCUT2D eigenvalue weighted by Gasteiger charge is -2.09. The summed E-state index contributed by atoms with van der Waals surface area (Å²) in [6, 6.07) is 13.4. The number of amides is 2. The van der Waals surface area contributed by atoms with E-state index in [1.54, 1.807) is 31.2 Å². The van der Waals surface area contributed by atoms with Gasteiger partial charge >= 0.3 is 6.16 Å². The Bertz CT molecular complexity index is 816. The molecule has 0 heterocycles. The van der Waals surface area contributed by atoms with Gasteiger partial charge in [0.2, 0.25) is 5.91 Å². The second kappa shape index (κ2) is 11.5. The maximum absolute atomic E-state index is 12.3. The molecule has 0 spiro atoms. The molecule has 2 N–H and O–H groups in total. The molecule has 0 saturated heterocycles. The van der Waals surface area contributed by atoms with Crippen molar-refractivity contribution < 1.29 is 23.9 Å². The van der Waals surface area contributed by atoms with Crippen molar-refractivity contribution in [3.8, 4) is 5.75 Å². The van der Waals surface area contributed by atoms with Gasteiger partial charge in [0.25, 0.3) is 5.91 Å². The summed E-state index contributed by atoms with van der Waals surface area (Å²) in [5.74, 6) is 0.0539. The highest BCUT2D eigenvalue weighted by atomic mass is 16.7. The maximum Gasteiger partial charge on any atom is 0.513 e. The van der Waals surface area contributed by atoms with Crippen LogP contribution in [0.15, 0.2) is 48.5 Å². The van der Waals surface area contributed by atoms with Crippen molar-refractivity contribution in [2.45, 2.75) is 39.7 Å². The van der Waals surface area contributed by atoms with Gasteiger partial charge in [0, 0.05) is 24.2 Å². The molecule has 0 fully saturated rings. The molecule has 2 amide bonds. The van der Waals surface area contributed by atoms with Crippen LogP contribution in [0, 0.1) is 0 Å². The van der Waals surface area contributed by atoms with Crippen molar-refractivity contribution in [2.75, 3.05) is 11.9 Å². The molecule has 2 rings (SSSR count). The normalized spacial score (nSPS) is 10.1. The number of rotatable bonds is 9. The lowest BCUT2D eigenvalue weighted by Crippen LogP contribution is -2.22. The molecule has 154 valence electrons. The predicted molar refractivity (Wildman–Crippen MR) is 110 cm³/mol. The first kappa shape index (κ1) is 21.9. The summed E-state index contributed by atoms with van der Waals surface area (Å²) in [5.41, 5.74) is 2.02. The van der Waals surface area contributed by atoms with Crippen LogP contribution in [0.4, 0.5) is 10.5 Å². The van der Waals surface area contributed by atoms with E-state index in [0.717, 1.165) is 18.4 Å². The number of hydrogen-bond acceptors (Lipinski definition) is 5. The molecule has 29 heavy (non-hydrogen) atoms. The largest absolute Gasteiger partial charge is 0.513 e. The molecular weight excluding hydrogens is 372 g/mol. The van der Waals surface area contributed by atoms with Gasteiger partial charge in [-0.25, -0.2) is 4.79 Å². The smallest absolute Gasteiger partial charge is 0.434 e. The fourth-order valence-corrected chi connectivity index (χ4v) is 2.45. The van der Waals surface area contributed by atoms with Gasteiger partial charge in [-0.2, -0.15) is 0 Å². The first-order valence-electron chi connectivity index (χ1n) is 9.63. The third kappa shape index (κ3) is 7.65. The van der Waals surface area contributed by atoms with Gasteiger partial charge in [-0.15, -0.1) is 0 Å². The van der Waals surface area contributed by atoms with Gasteiger partial charge in [0.15, 0.2) is 0 Å². The van der Waals surface area contributed by atoms with Gasteiger partial charge in [0.05, 0.1) is 6.61 Å². The molecule has 7 heteroatoms. The van der Waals surface area contributed by atoms with E-state index in [1.807, 2.05) is 19.1 Å². The van der Waals surface area contributed by atoms with Crippen LogP contribution in [-0.4, -0.2) is 24.6 Å². The summed E-state index contributed by atoms with van der Waals surface area (Å²) < 4.78 is 9.66. The predicted octanol–water partition coefficient (Wildman–Crippen LogP) is 4.28. The molecule has 0 radical (unpaired) electrons. The van der Waals surface area contributed by atoms with Crippen molar-refractivity contribution in [3.05, 3.63) is 59.7 Å². The van der Waals surface area contributed by atoms with Gasteiger partial charge in [-0.1, -0.05) is 25.5 Å². The number of carbonyl (C=O) groups excluding carboxylic acids is 3. The maximum atomic E-state index is 12.3. The van der Waals surface area contributed by atoms with E-state index in [0.29, 0.717) is 30.0 Å². The van der Waals surface area contributed by atoms with Gasteiger partial charge in [0.1, 0.15) is 5.75 Å². The average Bonchev–Trinajstić information content (AvgIpc) is 2.72. The minimum absolute atomic E-state index is 0.0413. The lowest BCUT2D eigenvalue weighted by atomic mass is 10.1. The topological polar surface area (TPSA) is 93.7 Å². The lowest BCUT2D eigenvalue weighted by molar-refractivity contribution is -0.121. The molecule has 0 saturated carbocycles. The van der Waals surface area contributed by atoms with E-state index in [-0.39, 0.29) is 18.4 Å². The number of nitrogens with one attached hydrogen (secondary N) is 2. The summed E-state index contributed by atoms with van der Waals surface area (Å²) in [5, 5.41) is 5.68. The quantitative estimate of drug-likeness (QED) is 0.486. The zero-order valence-electron chi connectivity index (χ0n) is 16.7. The van der Waals surface area contributed by atoms with Crippen LogP contribution < -0.4 is 15.4 Å². The standard InChI is InChI=1S/C22H26N2O5/c1-3-5-6-20(25)23-15-16-7-11-18(12-8-16)24-21(26)17-9-13-19(14-10-17)29-22(27)28-4-2/h7-14H,3-6,15H2,1-2H3,(H,23,25)(H,24,26). The van der Waals surface area contributed by atoms with Crippen LogP contribution in [-0.2, 0) is 16.1 Å². The fraction of sp³-hybridized carbons (Fsp3) is 0.318. The number of carbonyl (C=O) groups is 3. The van der Waals surface area contributed by atoms with Crippen LogP contribution in [0.25, 0.3) is 0 Å². The summed E-state index contributed by atoms with van der Waals surface area (Å²) in [6.45, 7) is 4.42. The minimum atomic E-state index is -0.786. The number of ether oxygens (including phenoxy) is 2. The van der Waals surface area contributed by atoms with Crippen molar-refractivity contribution in [3.63, 3.8) is 0 Å². The molecule has 0 aliphatic carbocycles. The molecular formula is C22H26N2O5. The van der Waals surface area contributed by atoms with Crippen LogP contribution >= 0.6 is 0 Å². The highest BCUT2D eigenvalue weighted by Gasteiger charge is 2.09. The molecule has 2 aromatic rings. The third-order valence-corrected chi connectivity index (χ3v) is 4.04. The van der Waals surface area contributed by atoms with Gasteiger partial charge in [-0.3, -0.25) is 9.59 Å². The Balaban J connectivity index is 1.85. The molecule has 7 nitrogen and oxygen atoms in total. The zero-order chi connectivity index (χ0) is 21.1. The highest BCUT2D eigenvalue weighted by molar-refractivity contribution is 6.04. The van der Waals surface area contributed by atoms with E-state index in [1.165, 1.54) is 12.1 Å². The van der Waals surface area contributed by atoms with E-state index in [2.05, 4.69) is 10.6 Å². The SMILES string of the molecule is CCCCC(=O)NCc1ccc(NC(=O)c2ccc(OC(=O)OCC)cc2)cc1. The third-order valence-electron chi connectivity index (χ3n) is 4.04. The monoisotopic (exact) mass is 398 g/mol. The second-order valence-corrected chi connectivity index (χ2v) is 6.34. The number of anilines is 1. The molecule has 2 aromatic carbocycles. The van der Waals surface area contributed by atoms with E-state index in [4.69, 9.17) is 9.47 Å². The number of hydrogen-bond donors (Lipinski definition) is 2. The molecule has 0 aliphatic rings. The van der Waals surface area contributed by atoms with Crippen LogP contribution in [0.2, 0.25) is 0 Å². The van der Waals surface area contributed by atoms with Crippen molar-refractivity contribution in [2.24, 2.45) is 0 Å². The Morgan fingerprint density at radius 1 is 0.931 bits per heavy atom. The molecule has 0 aliphatic heterocycles. The number of unbranched alkanes of at least 4 members (excludes halogenated alkanes) is 1.